The van der Waals surface area contributed by atoms with Crippen molar-refractivity contribution in [2.24, 2.45) is 5.73 Å². The van der Waals surface area contributed by atoms with Crippen molar-refractivity contribution >= 4 is 23.3 Å². The molecule has 0 saturated carbocycles. The van der Waals surface area contributed by atoms with Crippen LogP contribution in [0.4, 0.5) is 11.5 Å². The topological polar surface area (TPSA) is 123 Å². The molecule has 1 heterocycles. The van der Waals surface area contributed by atoms with Gasteiger partial charge in [0.05, 0.1) is 24.0 Å². The summed E-state index contributed by atoms with van der Waals surface area (Å²) in [6, 6.07) is 1.42. The van der Waals surface area contributed by atoms with Gasteiger partial charge in [-0.05, 0) is 26.8 Å². The van der Waals surface area contributed by atoms with Crippen molar-refractivity contribution in [3.63, 3.8) is 0 Å². The molecule has 0 saturated heterocycles. The van der Waals surface area contributed by atoms with Crippen LogP contribution in [0.15, 0.2) is 12.3 Å². The zero-order valence-corrected chi connectivity index (χ0v) is 11.3. The van der Waals surface area contributed by atoms with Crippen molar-refractivity contribution in [1.29, 1.82) is 0 Å². The fourth-order valence-electron chi connectivity index (χ4n) is 1.44. The van der Waals surface area contributed by atoms with E-state index in [1.165, 1.54) is 12.3 Å². The van der Waals surface area contributed by atoms with Crippen molar-refractivity contribution < 1.29 is 9.59 Å². The fourth-order valence-corrected chi connectivity index (χ4v) is 1.44. The number of carbonyl (C=O) groups excluding carboxylic acids is 2. The zero-order chi connectivity index (χ0) is 14.6. The van der Waals surface area contributed by atoms with E-state index in [9.17, 15) is 9.59 Å². The van der Waals surface area contributed by atoms with E-state index >= 15 is 0 Å². The SMILES string of the molecule is CC(C)(C)NC(=O)CNc1ncc(N)cc1C(N)=O. The highest BCUT2D eigenvalue weighted by atomic mass is 16.2. The Bertz CT molecular complexity index is 493. The summed E-state index contributed by atoms with van der Waals surface area (Å²) in [6.07, 6.45) is 1.39. The van der Waals surface area contributed by atoms with Crippen LogP contribution in [-0.2, 0) is 4.79 Å². The van der Waals surface area contributed by atoms with Gasteiger partial charge in [0, 0.05) is 5.54 Å². The van der Waals surface area contributed by atoms with Crippen LogP contribution in [0.25, 0.3) is 0 Å². The second kappa shape index (κ2) is 5.55. The molecule has 0 fully saturated rings. The van der Waals surface area contributed by atoms with Crippen molar-refractivity contribution in [3.8, 4) is 0 Å². The average Bonchev–Trinajstić information content (AvgIpc) is 2.24. The number of nitrogens with two attached hydrogens (primary N) is 2. The maximum Gasteiger partial charge on any atom is 0.252 e. The molecule has 19 heavy (non-hydrogen) atoms. The molecule has 6 N–H and O–H groups in total. The lowest BCUT2D eigenvalue weighted by molar-refractivity contribution is -0.120. The molecule has 0 radical (unpaired) electrons. The van der Waals surface area contributed by atoms with Gasteiger partial charge in [-0.3, -0.25) is 9.59 Å². The molecular weight excluding hydrogens is 246 g/mol. The normalized spacial score (nSPS) is 10.9. The quantitative estimate of drug-likeness (QED) is 0.614. The van der Waals surface area contributed by atoms with Gasteiger partial charge in [-0.1, -0.05) is 0 Å². The van der Waals surface area contributed by atoms with E-state index in [4.69, 9.17) is 11.5 Å². The summed E-state index contributed by atoms with van der Waals surface area (Å²) in [7, 11) is 0. The lowest BCUT2D eigenvalue weighted by atomic mass is 10.1. The molecule has 1 rings (SSSR count). The minimum absolute atomic E-state index is 0.00549. The molecule has 0 aliphatic heterocycles. The number of nitrogens with one attached hydrogen (secondary N) is 2. The molecule has 1 aromatic heterocycles. The number of amides is 2. The summed E-state index contributed by atoms with van der Waals surface area (Å²) >= 11 is 0. The van der Waals surface area contributed by atoms with E-state index in [-0.39, 0.29) is 29.4 Å². The number of hydrogen-bond acceptors (Lipinski definition) is 5. The molecule has 0 spiro atoms. The number of nitrogens with zero attached hydrogens (tertiary/aromatic N) is 1. The van der Waals surface area contributed by atoms with Crippen molar-refractivity contribution in [2.45, 2.75) is 26.3 Å². The largest absolute Gasteiger partial charge is 0.397 e. The standard InChI is InChI=1S/C12H19N5O2/c1-12(2,3)17-9(18)6-16-11-8(10(14)19)4-7(13)5-15-11/h4-5H,6,13H2,1-3H3,(H2,14,19)(H,15,16)(H,17,18). The van der Waals surface area contributed by atoms with Gasteiger partial charge < -0.3 is 22.1 Å². The van der Waals surface area contributed by atoms with Gasteiger partial charge in [-0.2, -0.15) is 0 Å². The second-order valence-electron chi connectivity index (χ2n) is 5.18. The second-order valence-corrected chi connectivity index (χ2v) is 5.18. The molecule has 7 nitrogen and oxygen atoms in total. The molecule has 0 aromatic carbocycles. The third-order valence-electron chi connectivity index (χ3n) is 2.11. The van der Waals surface area contributed by atoms with E-state index in [0.29, 0.717) is 5.69 Å². The maximum atomic E-state index is 11.6. The van der Waals surface area contributed by atoms with Crippen molar-refractivity contribution in [1.82, 2.24) is 10.3 Å². The Hall–Kier alpha value is -2.31. The maximum absolute atomic E-state index is 11.6. The summed E-state index contributed by atoms with van der Waals surface area (Å²) in [4.78, 5) is 26.8. The highest BCUT2D eigenvalue weighted by molar-refractivity contribution is 5.98. The van der Waals surface area contributed by atoms with Crippen LogP contribution in [0.1, 0.15) is 31.1 Å². The van der Waals surface area contributed by atoms with Gasteiger partial charge in [0.15, 0.2) is 0 Å². The highest BCUT2D eigenvalue weighted by Crippen LogP contribution is 2.14. The first-order valence-electron chi connectivity index (χ1n) is 5.79. The van der Waals surface area contributed by atoms with Gasteiger partial charge in [0.25, 0.3) is 5.91 Å². The predicted octanol–water partition coefficient (Wildman–Crippen LogP) is 0.0893. The molecule has 0 atom stereocenters. The summed E-state index contributed by atoms with van der Waals surface area (Å²) in [6.45, 7) is 5.62. The minimum Gasteiger partial charge on any atom is -0.397 e. The first kappa shape index (κ1) is 14.7. The Morgan fingerprint density at radius 3 is 2.53 bits per heavy atom. The molecule has 0 aliphatic rings. The van der Waals surface area contributed by atoms with E-state index in [2.05, 4.69) is 15.6 Å². The van der Waals surface area contributed by atoms with Gasteiger partial charge in [0.1, 0.15) is 5.82 Å². The van der Waals surface area contributed by atoms with Crippen molar-refractivity contribution in [3.05, 3.63) is 17.8 Å². The Kier molecular flexibility index (Phi) is 4.31. The Morgan fingerprint density at radius 1 is 1.37 bits per heavy atom. The summed E-state index contributed by atoms with van der Waals surface area (Å²) in [5.41, 5.74) is 10.9. The van der Waals surface area contributed by atoms with E-state index < -0.39 is 5.91 Å². The summed E-state index contributed by atoms with van der Waals surface area (Å²) in [5, 5.41) is 5.54. The molecule has 0 unspecified atom stereocenters. The van der Waals surface area contributed by atoms with Gasteiger partial charge in [-0.15, -0.1) is 0 Å². The first-order valence-corrected chi connectivity index (χ1v) is 5.79. The number of anilines is 2. The fraction of sp³-hybridized carbons (Fsp3) is 0.417. The molecule has 0 aliphatic carbocycles. The molecule has 7 heteroatoms. The van der Waals surface area contributed by atoms with Crippen molar-refractivity contribution in [2.75, 3.05) is 17.6 Å². The molecular formula is C12H19N5O2. The lowest BCUT2D eigenvalue weighted by Crippen LogP contribution is -2.43. The number of hydrogen-bond donors (Lipinski definition) is 4. The summed E-state index contributed by atoms with van der Waals surface area (Å²) < 4.78 is 0. The lowest BCUT2D eigenvalue weighted by Gasteiger charge is -2.20. The van der Waals surface area contributed by atoms with E-state index in [1.54, 1.807) is 0 Å². The van der Waals surface area contributed by atoms with Gasteiger partial charge in [0.2, 0.25) is 5.91 Å². The van der Waals surface area contributed by atoms with Crippen LogP contribution < -0.4 is 22.1 Å². The van der Waals surface area contributed by atoms with Crippen LogP contribution in [0.2, 0.25) is 0 Å². The van der Waals surface area contributed by atoms with Gasteiger partial charge in [-0.25, -0.2) is 4.98 Å². The molecule has 0 bridgehead atoms. The molecule has 104 valence electrons. The van der Waals surface area contributed by atoms with E-state index in [0.717, 1.165) is 0 Å². The summed E-state index contributed by atoms with van der Waals surface area (Å²) in [5.74, 6) is -0.620. The molecule has 2 amide bonds. The van der Waals surface area contributed by atoms with Crippen LogP contribution in [0.3, 0.4) is 0 Å². The van der Waals surface area contributed by atoms with Crippen LogP contribution in [0, 0.1) is 0 Å². The van der Waals surface area contributed by atoms with Crippen LogP contribution in [0.5, 0.6) is 0 Å². The Labute approximate surface area is 111 Å². The van der Waals surface area contributed by atoms with Crippen LogP contribution in [-0.4, -0.2) is 28.9 Å². The van der Waals surface area contributed by atoms with E-state index in [1.807, 2.05) is 20.8 Å². The number of nitrogen functional groups attached to an aromatic ring is 1. The highest BCUT2D eigenvalue weighted by Gasteiger charge is 2.15. The third kappa shape index (κ3) is 4.82. The number of rotatable bonds is 4. The smallest absolute Gasteiger partial charge is 0.252 e. The number of carbonyl (C=O) groups is 2. The minimum atomic E-state index is -0.654. The number of pyridine rings is 1. The van der Waals surface area contributed by atoms with Gasteiger partial charge >= 0.3 is 0 Å². The monoisotopic (exact) mass is 265 g/mol. The Morgan fingerprint density at radius 2 is 2.00 bits per heavy atom. The predicted molar refractivity (Wildman–Crippen MR) is 73.6 cm³/mol. The number of aromatic nitrogens is 1. The number of primary amides is 1. The Balaban J connectivity index is 2.73. The van der Waals surface area contributed by atoms with Crippen LogP contribution >= 0.6 is 0 Å². The molecule has 1 aromatic rings. The zero-order valence-electron chi connectivity index (χ0n) is 11.3. The average molecular weight is 265 g/mol. The third-order valence-corrected chi connectivity index (χ3v) is 2.11. The first-order chi connectivity index (χ1) is 8.69.